The van der Waals surface area contributed by atoms with Crippen LogP contribution in [0.1, 0.15) is 40.5 Å². The normalized spacial score (nSPS) is 12.7. The van der Waals surface area contributed by atoms with Gasteiger partial charge in [0.2, 0.25) is 5.88 Å². The number of aliphatic hydroxyl groups excluding tert-OH is 1. The zero-order valence-corrected chi connectivity index (χ0v) is 23.5. The Morgan fingerprint density at radius 2 is 1.92 bits per heavy atom. The Hall–Kier alpha value is -3.08. The fraction of sp³-hybridized carbons (Fsp3) is 0.571. The third kappa shape index (κ3) is 7.96. The van der Waals surface area contributed by atoms with Crippen LogP contribution in [-0.4, -0.2) is 82.6 Å². The van der Waals surface area contributed by atoms with Gasteiger partial charge in [-0.25, -0.2) is 15.0 Å². The van der Waals surface area contributed by atoms with Crippen LogP contribution < -0.4 is 15.6 Å². The number of pyridine rings is 2. The Bertz CT molecular complexity index is 1230. The summed E-state index contributed by atoms with van der Waals surface area (Å²) < 4.78 is 12.5. The van der Waals surface area contributed by atoms with Crippen molar-refractivity contribution in [1.29, 1.82) is 0 Å². The number of anilines is 1. The van der Waals surface area contributed by atoms with Gasteiger partial charge in [-0.2, -0.15) is 0 Å². The molecule has 3 aromatic rings. The van der Waals surface area contributed by atoms with E-state index in [-0.39, 0.29) is 22.9 Å². The molecule has 0 saturated carbocycles. The molecule has 0 aliphatic rings. The number of hydrogen-bond acceptors (Lipinski definition) is 9. The highest BCUT2D eigenvalue weighted by Crippen LogP contribution is 2.23. The van der Waals surface area contributed by atoms with E-state index in [9.17, 15) is 9.90 Å². The number of methoxy groups -OCH3 is 1. The van der Waals surface area contributed by atoms with E-state index >= 15 is 0 Å². The van der Waals surface area contributed by atoms with E-state index in [4.69, 9.17) is 9.47 Å². The molecule has 0 aromatic carbocycles. The quantitative estimate of drug-likeness (QED) is 0.287. The average Bonchev–Trinajstić information content (AvgIpc) is 2.90. The number of likely N-dealkylation sites (N-methyl/N-ethyl adjacent to an activating group) is 1. The molecule has 0 radical (unpaired) electrons. The van der Waals surface area contributed by atoms with Crippen LogP contribution in [0.2, 0.25) is 0 Å². The minimum atomic E-state index is -0.349. The van der Waals surface area contributed by atoms with Crippen molar-refractivity contribution in [2.45, 2.75) is 53.2 Å². The second-order valence-electron chi connectivity index (χ2n) is 10.5. The first-order valence-electron chi connectivity index (χ1n) is 13.3. The second kappa shape index (κ2) is 13.6. The van der Waals surface area contributed by atoms with Gasteiger partial charge in [-0.15, -0.1) is 0 Å². The average molecular weight is 527 g/mol. The van der Waals surface area contributed by atoms with Gasteiger partial charge in [0.1, 0.15) is 0 Å². The van der Waals surface area contributed by atoms with Crippen molar-refractivity contribution in [3.8, 4) is 17.0 Å². The van der Waals surface area contributed by atoms with Gasteiger partial charge in [-0.1, -0.05) is 27.7 Å². The van der Waals surface area contributed by atoms with Crippen LogP contribution in [0.15, 0.2) is 35.4 Å². The third-order valence-corrected chi connectivity index (χ3v) is 6.32. The molecule has 0 aliphatic carbocycles. The van der Waals surface area contributed by atoms with E-state index in [1.807, 2.05) is 26.1 Å². The van der Waals surface area contributed by atoms with Crippen molar-refractivity contribution < 1.29 is 14.6 Å². The molecule has 0 fully saturated rings. The number of hydrogen-bond donors (Lipinski definition) is 2. The minimum absolute atomic E-state index is 0.168. The van der Waals surface area contributed by atoms with Crippen LogP contribution in [0.5, 0.6) is 5.88 Å². The maximum absolute atomic E-state index is 13.6. The Morgan fingerprint density at radius 1 is 1.16 bits per heavy atom. The maximum atomic E-state index is 13.6. The molecular formula is C28H42N6O4. The fourth-order valence-corrected chi connectivity index (χ4v) is 4.35. The molecule has 0 saturated heterocycles. The molecule has 3 aromatic heterocycles. The first-order valence-corrected chi connectivity index (χ1v) is 13.3. The summed E-state index contributed by atoms with van der Waals surface area (Å²) >= 11 is 0. The number of rotatable bonds is 15. The van der Waals surface area contributed by atoms with Gasteiger partial charge in [0.05, 0.1) is 25.3 Å². The van der Waals surface area contributed by atoms with Crippen molar-refractivity contribution >= 4 is 17.0 Å². The lowest BCUT2D eigenvalue weighted by molar-refractivity contribution is 0.104. The number of aromatic nitrogens is 4. The van der Waals surface area contributed by atoms with Gasteiger partial charge in [-0.05, 0) is 37.4 Å². The van der Waals surface area contributed by atoms with Gasteiger partial charge in [0.15, 0.2) is 11.5 Å². The van der Waals surface area contributed by atoms with Gasteiger partial charge >= 0.3 is 0 Å². The molecule has 10 heteroatoms. The van der Waals surface area contributed by atoms with Crippen molar-refractivity contribution in [1.82, 2.24) is 24.4 Å². The predicted molar refractivity (Wildman–Crippen MR) is 151 cm³/mol. The third-order valence-electron chi connectivity index (χ3n) is 6.32. The smallest absolute Gasteiger partial charge is 0.293 e. The van der Waals surface area contributed by atoms with Crippen LogP contribution >= 0.6 is 0 Å². The van der Waals surface area contributed by atoms with Crippen LogP contribution in [0, 0.1) is 5.41 Å². The van der Waals surface area contributed by atoms with Crippen LogP contribution in [0.4, 0.5) is 5.82 Å². The maximum Gasteiger partial charge on any atom is 0.293 e. The number of ether oxygens (including phenoxy) is 2. The summed E-state index contributed by atoms with van der Waals surface area (Å²) in [6.07, 6.45) is 4.74. The van der Waals surface area contributed by atoms with Gasteiger partial charge in [-0.3, -0.25) is 9.36 Å². The molecule has 3 rings (SSSR count). The Morgan fingerprint density at radius 3 is 2.58 bits per heavy atom. The molecule has 208 valence electrons. The van der Waals surface area contributed by atoms with Gasteiger partial charge < -0.3 is 24.8 Å². The van der Waals surface area contributed by atoms with Gasteiger partial charge in [0, 0.05) is 62.4 Å². The highest BCUT2D eigenvalue weighted by atomic mass is 16.5. The summed E-state index contributed by atoms with van der Waals surface area (Å²) in [5.74, 6) is 0.796. The largest absolute Gasteiger partial charge is 0.481 e. The molecule has 38 heavy (non-hydrogen) atoms. The summed E-state index contributed by atoms with van der Waals surface area (Å²) in [7, 11) is 3.57. The van der Waals surface area contributed by atoms with Gasteiger partial charge in [0.25, 0.3) is 5.56 Å². The lowest BCUT2D eigenvalue weighted by Gasteiger charge is -2.31. The van der Waals surface area contributed by atoms with Crippen molar-refractivity contribution in [2.75, 3.05) is 52.3 Å². The molecule has 1 unspecified atom stereocenters. The summed E-state index contributed by atoms with van der Waals surface area (Å²) in [5.41, 5.74) is 2.43. The second-order valence-corrected chi connectivity index (χ2v) is 10.5. The first kappa shape index (κ1) is 29.5. The predicted octanol–water partition coefficient (Wildman–Crippen LogP) is 3.43. The molecular weight excluding hydrogens is 484 g/mol. The number of fused-ring (bicyclic) bond motifs is 1. The highest BCUT2D eigenvalue weighted by Gasteiger charge is 2.23. The topological polar surface area (TPSA) is 115 Å². The van der Waals surface area contributed by atoms with Crippen molar-refractivity contribution in [2.24, 2.45) is 5.41 Å². The highest BCUT2D eigenvalue weighted by molar-refractivity contribution is 5.78. The monoisotopic (exact) mass is 526 g/mol. The molecule has 10 nitrogen and oxygen atoms in total. The van der Waals surface area contributed by atoms with E-state index in [0.717, 1.165) is 30.5 Å². The Labute approximate surface area is 225 Å². The first-order chi connectivity index (χ1) is 18.2. The number of nitrogens with zero attached hydrogens (tertiary/aromatic N) is 5. The van der Waals surface area contributed by atoms with Crippen LogP contribution in [0.25, 0.3) is 22.3 Å². The summed E-state index contributed by atoms with van der Waals surface area (Å²) in [5, 5.41) is 13.3. The number of nitrogens with one attached hydrogen (secondary N) is 1. The van der Waals surface area contributed by atoms with Crippen LogP contribution in [-0.2, 0) is 11.3 Å². The molecule has 0 spiro atoms. The van der Waals surface area contributed by atoms with E-state index in [2.05, 4.69) is 45.9 Å². The van der Waals surface area contributed by atoms with E-state index in [1.165, 1.54) is 0 Å². The summed E-state index contributed by atoms with van der Waals surface area (Å²) in [6, 6.07) is 5.61. The lowest BCUT2D eigenvalue weighted by atomic mass is 9.92. The minimum Gasteiger partial charge on any atom is -0.481 e. The van der Waals surface area contributed by atoms with Crippen molar-refractivity contribution in [3.05, 3.63) is 40.9 Å². The standard InChI is InChI=1S/C28H42N6O4/c1-7-12-38-13-11-34-23-14-21(20-9-10-24(37-6)29-15-20)16-30-25(23)32-26(27(34)36)31-18-28(3,4)19-33(5)17-22(35)8-2/h9-10,14-16,22,35H,7-8,11-13,17-19H2,1-6H3,(H,30,31,32). The summed E-state index contributed by atoms with van der Waals surface area (Å²) in [4.78, 5) is 29.2. The van der Waals surface area contributed by atoms with E-state index < -0.39 is 0 Å². The Kier molecular flexibility index (Phi) is 10.6. The Balaban J connectivity index is 1.89. The fourth-order valence-electron chi connectivity index (χ4n) is 4.35. The molecule has 0 bridgehead atoms. The van der Waals surface area contributed by atoms with Crippen LogP contribution in [0.3, 0.4) is 0 Å². The molecule has 2 N–H and O–H groups in total. The number of aliphatic hydroxyl groups is 1. The zero-order chi connectivity index (χ0) is 27.7. The molecule has 1 atom stereocenters. The van der Waals surface area contributed by atoms with E-state index in [1.54, 1.807) is 30.1 Å². The zero-order valence-electron chi connectivity index (χ0n) is 23.5. The van der Waals surface area contributed by atoms with Crippen molar-refractivity contribution in [3.63, 3.8) is 0 Å². The molecule has 0 amide bonds. The molecule has 3 heterocycles. The van der Waals surface area contributed by atoms with E-state index in [0.29, 0.717) is 49.9 Å². The SMILES string of the molecule is CCCOCCn1c(=O)c(NCC(C)(C)CN(C)CC(O)CC)nc2ncc(-c3ccc(OC)nc3)cc21. The molecule has 0 aliphatic heterocycles. The lowest BCUT2D eigenvalue weighted by Crippen LogP contribution is -2.40. The summed E-state index contributed by atoms with van der Waals surface area (Å²) in [6.45, 7) is 11.6.